The number of nitrogens with one attached hydrogen (secondary N) is 2. The summed E-state index contributed by atoms with van der Waals surface area (Å²) in [5, 5.41) is 6.30. The molecule has 0 amide bonds. The van der Waals surface area contributed by atoms with Gasteiger partial charge in [0, 0.05) is 25.5 Å². The predicted molar refractivity (Wildman–Crippen MR) is 45.7 cm³/mol. The van der Waals surface area contributed by atoms with E-state index in [1.165, 1.54) is 12.8 Å². The molecule has 0 rings (SSSR count). The Morgan fingerprint density at radius 1 is 0.900 bits per heavy atom. The minimum atomic E-state index is 1.06. The zero-order valence-corrected chi connectivity index (χ0v) is 6.98. The van der Waals surface area contributed by atoms with Crippen LogP contribution in [0, 0.1) is 0 Å². The van der Waals surface area contributed by atoms with Crippen molar-refractivity contribution in [2.75, 3.05) is 13.1 Å². The summed E-state index contributed by atoms with van der Waals surface area (Å²) >= 11 is 0. The van der Waals surface area contributed by atoms with Crippen molar-refractivity contribution in [2.24, 2.45) is 0 Å². The van der Waals surface area contributed by atoms with Crippen LogP contribution in [-0.4, -0.2) is 13.1 Å². The minimum Gasteiger partial charge on any atom is -0.390 e. The second kappa shape index (κ2) is 8.34. The third kappa shape index (κ3) is 7.34. The first kappa shape index (κ1) is 9.34. The highest BCUT2D eigenvalue weighted by molar-refractivity contribution is 4.75. The Kier molecular flexibility index (Phi) is 7.79. The van der Waals surface area contributed by atoms with E-state index >= 15 is 0 Å². The standard InChI is InChI=1S/C8H18N2/c1-3-5-9-7-8-10-6-4-2/h7-10H,3-6H2,1-2H3. The van der Waals surface area contributed by atoms with Crippen molar-refractivity contribution < 1.29 is 0 Å². The Morgan fingerprint density at radius 2 is 1.30 bits per heavy atom. The van der Waals surface area contributed by atoms with E-state index in [4.69, 9.17) is 0 Å². The fourth-order valence-electron chi connectivity index (χ4n) is 0.573. The van der Waals surface area contributed by atoms with Crippen molar-refractivity contribution in [1.29, 1.82) is 0 Å². The Bertz CT molecular complexity index is 69.3. The maximum atomic E-state index is 3.15. The summed E-state index contributed by atoms with van der Waals surface area (Å²) in [5.41, 5.74) is 0. The molecule has 2 nitrogen and oxygen atoms in total. The number of rotatable bonds is 6. The molecule has 10 heavy (non-hydrogen) atoms. The van der Waals surface area contributed by atoms with Crippen LogP contribution in [0.2, 0.25) is 0 Å². The molecular formula is C8H18N2. The van der Waals surface area contributed by atoms with Gasteiger partial charge in [-0.1, -0.05) is 13.8 Å². The first-order valence-corrected chi connectivity index (χ1v) is 4.03. The van der Waals surface area contributed by atoms with Crippen molar-refractivity contribution in [3.8, 4) is 0 Å². The summed E-state index contributed by atoms with van der Waals surface area (Å²) in [6.45, 7) is 6.43. The second-order valence-corrected chi connectivity index (χ2v) is 2.24. The number of hydrogen-bond acceptors (Lipinski definition) is 2. The van der Waals surface area contributed by atoms with E-state index in [1.807, 2.05) is 12.4 Å². The Labute approximate surface area is 63.7 Å². The van der Waals surface area contributed by atoms with Crippen molar-refractivity contribution in [2.45, 2.75) is 26.7 Å². The summed E-state index contributed by atoms with van der Waals surface area (Å²) in [6, 6.07) is 0. The maximum absolute atomic E-state index is 3.15. The fraction of sp³-hybridized carbons (Fsp3) is 0.750. The van der Waals surface area contributed by atoms with E-state index in [9.17, 15) is 0 Å². The molecule has 0 spiro atoms. The van der Waals surface area contributed by atoms with Crippen LogP contribution in [0.4, 0.5) is 0 Å². The van der Waals surface area contributed by atoms with E-state index in [0.717, 1.165) is 13.1 Å². The summed E-state index contributed by atoms with van der Waals surface area (Å²) in [4.78, 5) is 0. The zero-order chi connectivity index (χ0) is 7.66. The van der Waals surface area contributed by atoms with Crippen LogP contribution in [0.25, 0.3) is 0 Å². The van der Waals surface area contributed by atoms with E-state index in [0.29, 0.717) is 0 Å². The average Bonchev–Trinajstić information content (AvgIpc) is 1.97. The van der Waals surface area contributed by atoms with Crippen molar-refractivity contribution in [3.63, 3.8) is 0 Å². The minimum absolute atomic E-state index is 1.06. The SMILES string of the molecule is CCCNC=CNCCC. The summed E-state index contributed by atoms with van der Waals surface area (Å²) in [5.74, 6) is 0. The quantitative estimate of drug-likeness (QED) is 0.549. The van der Waals surface area contributed by atoms with E-state index < -0.39 is 0 Å². The molecule has 2 heteroatoms. The molecule has 0 aliphatic carbocycles. The molecule has 0 radical (unpaired) electrons. The summed E-state index contributed by atoms with van der Waals surface area (Å²) in [6.07, 6.45) is 6.27. The van der Waals surface area contributed by atoms with Crippen molar-refractivity contribution in [1.82, 2.24) is 10.6 Å². The lowest BCUT2D eigenvalue weighted by Gasteiger charge is -1.97. The average molecular weight is 142 g/mol. The highest BCUT2D eigenvalue weighted by atomic mass is 14.9. The molecule has 60 valence electrons. The normalized spacial score (nSPS) is 10.2. The molecular weight excluding hydrogens is 124 g/mol. The molecule has 0 saturated carbocycles. The Morgan fingerprint density at radius 3 is 1.60 bits per heavy atom. The first-order chi connectivity index (χ1) is 4.91. The lowest BCUT2D eigenvalue weighted by Crippen LogP contribution is -2.10. The van der Waals surface area contributed by atoms with Gasteiger partial charge in [0.1, 0.15) is 0 Å². The van der Waals surface area contributed by atoms with Crippen LogP contribution in [0.1, 0.15) is 26.7 Å². The molecule has 0 aromatic rings. The van der Waals surface area contributed by atoms with Gasteiger partial charge in [-0.05, 0) is 12.8 Å². The smallest absolute Gasteiger partial charge is 0.0139 e. The molecule has 0 unspecified atom stereocenters. The molecule has 0 aromatic heterocycles. The highest BCUT2D eigenvalue weighted by Gasteiger charge is 1.73. The zero-order valence-electron chi connectivity index (χ0n) is 6.98. The van der Waals surface area contributed by atoms with Crippen LogP contribution in [0.15, 0.2) is 12.4 Å². The molecule has 0 aliphatic heterocycles. The van der Waals surface area contributed by atoms with Gasteiger partial charge in [0.15, 0.2) is 0 Å². The van der Waals surface area contributed by atoms with E-state index in [2.05, 4.69) is 24.5 Å². The van der Waals surface area contributed by atoms with Gasteiger partial charge >= 0.3 is 0 Å². The Hall–Kier alpha value is -0.660. The molecule has 0 aromatic carbocycles. The van der Waals surface area contributed by atoms with Crippen LogP contribution in [0.3, 0.4) is 0 Å². The molecule has 2 N–H and O–H groups in total. The Balaban J connectivity index is 2.89. The van der Waals surface area contributed by atoms with Gasteiger partial charge in [0.25, 0.3) is 0 Å². The second-order valence-electron chi connectivity index (χ2n) is 2.24. The van der Waals surface area contributed by atoms with Crippen molar-refractivity contribution >= 4 is 0 Å². The lowest BCUT2D eigenvalue weighted by molar-refractivity contribution is 0.777. The fourth-order valence-corrected chi connectivity index (χ4v) is 0.573. The maximum Gasteiger partial charge on any atom is 0.0139 e. The van der Waals surface area contributed by atoms with Crippen LogP contribution in [-0.2, 0) is 0 Å². The van der Waals surface area contributed by atoms with Gasteiger partial charge in [0.2, 0.25) is 0 Å². The van der Waals surface area contributed by atoms with Gasteiger partial charge in [-0.2, -0.15) is 0 Å². The molecule has 0 bridgehead atoms. The predicted octanol–water partition coefficient (Wildman–Crippen LogP) is 1.46. The van der Waals surface area contributed by atoms with E-state index in [1.54, 1.807) is 0 Å². The third-order valence-electron chi connectivity index (χ3n) is 1.11. The largest absolute Gasteiger partial charge is 0.390 e. The van der Waals surface area contributed by atoms with Gasteiger partial charge in [-0.3, -0.25) is 0 Å². The van der Waals surface area contributed by atoms with Gasteiger partial charge < -0.3 is 10.6 Å². The third-order valence-corrected chi connectivity index (χ3v) is 1.11. The molecule has 0 fully saturated rings. The van der Waals surface area contributed by atoms with Crippen LogP contribution >= 0.6 is 0 Å². The molecule has 0 heterocycles. The van der Waals surface area contributed by atoms with E-state index in [-0.39, 0.29) is 0 Å². The first-order valence-electron chi connectivity index (χ1n) is 4.03. The van der Waals surface area contributed by atoms with Crippen LogP contribution in [0.5, 0.6) is 0 Å². The topological polar surface area (TPSA) is 24.1 Å². The van der Waals surface area contributed by atoms with Crippen LogP contribution < -0.4 is 10.6 Å². The lowest BCUT2D eigenvalue weighted by atomic mass is 10.5. The van der Waals surface area contributed by atoms with Gasteiger partial charge in [-0.25, -0.2) is 0 Å². The molecule has 0 aliphatic rings. The summed E-state index contributed by atoms with van der Waals surface area (Å²) < 4.78 is 0. The monoisotopic (exact) mass is 142 g/mol. The number of hydrogen-bond donors (Lipinski definition) is 2. The molecule has 0 saturated heterocycles. The molecule has 0 atom stereocenters. The highest BCUT2D eigenvalue weighted by Crippen LogP contribution is 1.71. The van der Waals surface area contributed by atoms with Crippen molar-refractivity contribution in [3.05, 3.63) is 12.4 Å². The van der Waals surface area contributed by atoms with Gasteiger partial charge in [0.05, 0.1) is 0 Å². The van der Waals surface area contributed by atoms with Gasteiger partial charge in [-0.15, -0.1) is 0 Å². The summed E-state index contributed by atoms with van der Waals surface area (Å²) in [7, 11) is 0.